The summed E-state index contributed by atoms with van der Waals surface area (Å²) in [5.74, 6) is -0.268. The number of aryl methyl sites for hydroxylation is 1. The van der Waals surface area contributed by atoms with Crippen molar-refractivity contribution in [3.05, 3.63) is 71.9 Å². The third-order valence-electron chi connectivity index (χ3n) is 4.10. The molecule has 134 valence electrons. The van der Waals surface area contributed by atoms with Crippen LogP contribution >= 0.6 is 0 Å². The number of carbonyl (C=O) groups is 1. The minimum atomic E-state index is -0.492. The van der Waals surface area contributed by atoms with Crippen LogP contribution in [0.15, 0.2) is 60.7 Å². The molecule has 0 amide bonds. The number of benzene rings is 2. The Hall–Kier alpha value is -2.88. The fraction of sp³-hybridized carbons (Fsp3) is 0.273. The van der Waals surface area contributed by atoms with Crippen LogP contribution in [-0.2, 0) is 16.0 Å². The van der Waals surface area contributed by atoms with E-state index in [1.54, 1.807) is 0 Å². The van der Waals surface area contributed by atoms with Crippen LogP contribution in [0.2, 0.25) is 0 Å². The molecule has 4 nitrogen and oxygen atoms in total. The molecule has 1 N–H and O–H groups in total. The van der Waals surface area contributed by atoms with Crippen molar-refractivity contribution in [1.29, 1.82) is 0 Å². The van der Waals surface area contributed by atoms with Gasteiger partial charge in [0.25, 0.3) is 0 Å². The highest BCUT2D eigenvalue weighted by molar-refractivity contribution is 5.81. The number of rotatable bonds is 6. The van der Waals surface area contributed by atoms with E-state index in [-0.39, 0.29) is 12.1 Å². The molecule has 1 heterocycles. The summed E-state index contributed by atoms with van der Waals surface area (Å²) < 4.78 is 5.44. The van der Waals surface area contributed by atoms with E-state index in [2.05, 4.69) is 10.3 Å². The summed E-state index contributed by atoms with van der Waals surface area (Å²) in [7, 11) is 0. The first-order valence-electron chi connectivity index (χ1n) is 8.89. The predicted octanol–water partition coefficient (Wildman–Crippen LogP) is 4.52. The molecule has 0 radical (unpaired) electrons. The molecule has 0 saturated heterocycles. The van der Waals surface area contributed by atoms with Crippen molar-refractivity contribution in [2.45, 2.75) is 39.3 Å². The lowest BCUT2D eigenvalue weighted by Crippen LogP contribution is -2.35. The summed E-state index contributed by atoms with van der Waals surface area (Å²) in [6.45, 7) is 5.75. The van der Waals surface area contributed by atoms with Crippen molar-refractivity contribution in [2.75, 3.05) is 5.32 Å². The van der Waals surface area contributed by atoms with E-state index >= 15 is 0 Å². The van der Waals surface area contributed by atoms with Crippen molar-refractivity contribution in [3.8, 4) is 0 Å². The summed E-state index contributed by atoms with van der Waals surface area (Å²) in [5, 5.41) is 4.38. The molecule has 4 heteroatoms. The van der Waals surface area contributed by atoms with E-state index < -0.39 is 6.04 Å². The molecule has 1 atom stereocenters. The number of ether oxygens (including phenoxy) is 1. The van der Waals surface area contributed by atoms with Crippen LogP contribution < -0.4 is 5.32 Å². The Balaban J connectivity index is 1.83. The van der Waals surface area contributed by atoms with Gasteiger partial charge in [0.2, 0.25) is 0 Å². The zero-order chi connectivity index (χ0) is 18.5. The van der Waals surface area contributed by atoms with Crippen molar-refractivity contribution in [1.82, 2.24) is 4.98 Å². The van der Waals surface area contributed by atoms with E-state index in [4.69, 9.17) is 4.74 Å². The van der Waals surface area contributed by atoms with Crippen LogP contribution in [-0.4, -0.2) is 23.1 Å². The zero-order valence-electron chi connectivity index (χ0n) is 15.4. The first-order valence-corrected chi connectivity index (χ1v) is 8.89. The van der Waals surface area contributed by atoms with Crippen LogP contribution in [0.1, 0.15) is 25.1 Å². The van der Waals surface area contributed by atoms with Crippen LogP contribution in [0.5, 0.6) is 0 Å². The first-order chi connectivity index (χ1) is 12.5. The number of hydrogen-bond donors (Lipinski definition) is 1. The van der Waals surface area contributed by atoms with Gasteiger partial charge in [-0.05, 0) is 45.0 Å². The maximum absolute atomic E-state index is 12.6. The number of hydrogen-bond acceptors (Lipinski definition) is 4. The van der Waals surface area contributed by atoms with Crippen LogP contribution in [0.3, 0.4) is 0 Å². The fourth-order valence-electron chi connectivity index (χ4n) is 2.79. The smallest absolute Gasteiger partial charge is 0.329 e. The number of nitrogens with one attached hydrogen (secondary N) is 1. The second-order valence-corrected chi connectivity index (χ2v) is 6.75. The van der Waals surface area contributed by atoms with Gasteiger partial charge in [0, 0.05) is 23.2 Å². The number of aromatic nitrogens is 1. The topological polar surface area (TPSA) is 51.2 Å². The quantitative estimate of drug-likeness (QED) is 0.666. The van der Waals surface area contributed by atoms with Gasteiger partial charge in [-0.2, -0.15) is 0 Å². The highest BCUT2D eigenvalue weighted by Crippen LogP contribution is 2.16. The number of nitrogens with zero attached hydrogens (tertiary/aromatic N) is 1. The molecule has 3 aromatic rings. The molecule has 0 aliphatic heterocycles. The molecule has 0 saturated carbocycles. The van der Waals surface area contributed by atoms with E-state index in [1.165, 1.54) is 5.56 Å². The average Bonchev–Trinajstić information content (AvgIpc) is 2.62. The minimum Gasteiger partial charge on any atom is -0.461 e. The van der Waals surface area contributed by atoms with E-state index in [1.807, 2.05) is 81.4 Å². The predicted molar refractivity (Wildman–Crippen MR) is 105 cm³/mol. The molecular weight excluding hydrogens is 324 g/mol. The molecule has 0 aliphatic rings. The molecule has 0 fully saturated rings. The molecule has 26 heavy (non-hydrogen) atoms. The Kier molecular flexibility index (Phi) is 5.52. The summed E-state index contributed by atoms with van der Waals surface area (Å²) >= 11 is 0. The molecule has 1 unspecified atom stereocenters. The summed E-state index contributed by atoms with van der Waals surface area (Å²) in [5.41, 5.74) is 3.85. The van der Waals surface area contributed by atoms with Gasteiger partial charge in [0.05, 0.1) is 11.6 Å². The lowest BCUT2D eigenvalue weighted by Gasteiger charge is -2.20. The third-order valence-corrected chi connectivity index (χ3v) is 4.10. The van der Waals surface area contributed by atoms with E-state index in [0.717, 1.165) is 22.3 Å². The monoisotopic (exact) mass is 348 g/mol. The lowest BCUT2D eigenvalue weighted by molar-refractivity contribution is -0.148. The van der Waals surface area contributed by atoms with Crippen molar-refractivity contribution >= 4 is 22.6 Å². The third kappa shape index (κ3) is 4.60. The van der Waals surface area contributed by atoms with Crippen molar-refractivity contribution in [2.24, 2.45) is 0 Å². The van der Waals surface area contributed by atoms with Crippen LogP contribution in [0.25, 0.3) is 10.9 Å². The second-order valence-electron chi connectivity index (χ2n) is 6.75. The fourth-order valence-corrected chi connectivity index (χ4v) is 2.79. The SMILES string of the molecule is Cc1ccc(NC(Cc2ccc3ccccc3n2)C(=O)OC(C)C)cc1. The number of anilines is 1. The molecular formula is C22H24N2O2. The van der Waals surface area contributed by atoms with Gasteiger partial charge in [0.15, 0.2) is 0 Å². The summed E-state index contributed by atoms with van der Waals surface area (Å²) in [6, 6.07) is 19.5. The maximum atomic E-state index is 12.6. The van der Waals surface area contributed by atoms with Gasteiger partial charge in [-0.25, -0.2) is 4.79 Å². The van der Waals surface area contributed by atoms with Crippen LogP contribution in [0, 0.1) is 6.92 Å². The molecule has 2 aromatic carbocycles. The molecule has 0 aliphatic carbocycles. The van der Waals surface area contributed by atoms with Crippen LogP contribution in [0.4, 0.5) is 5.69 Å². The summed E-state index contributed by atoms with van der Waals surface area (Å²) in [6.07, 6.45) is 0.305. The number of para-hydroxylation sites is 1. The first kappa shape index (κ1) is 17.9. The summed E-state index contributed by atoms with van der Waals surface area (Å²) in [4.78, 5) is 17.3. The van der Waals surface area contributed by atoms with Crippen molar-refractivity contribution < 1.29 is 9.53 Å². The van der Waals surface area contributed by atoms with E-state index in [0.29, 0.717) is 6.42 Å². The molecule has 1 aromatic heterocycles. The van der Waals surface area contributed by atoms with E-state index in [9.17, 15) is 4.79 Å². The molecule has 0 spiro atoms. The number of carbonyl (C=O) groups excluding carboxylic acids is 1. The number of pyridine rings is 1. The maximum Gasteiger partial charge on any atom is 0.329 e. The highest BCUT2D eigenvalue weighted by atomic mass is 16.5. The lowest BCUT2D eigenvalue weighted by atomic mass is 10.1. The Labute approximate surface area is 154 Å². The highest BCUT2D eigenvalue weighted by Gasteiger charge is 2.22. The Morgan fingerprint density at radius 3 is 2.50 bits per heavy atom. The second kappa shape index (κ2) is 8.00. The van der Waals surface area contributed by atoms with Gasteiger partial charge >= 0.3 is 5.97 Å². The normalized spacial score (nSPS) is 12.2. The van der Waals surface area contributed by atoms with Crippen molar-refractivity contribution in [3.63, 3.8) is 0 Å². The molecule has 0 bridgehead atoms. The van der Waals surface area contributed by atoms with Gasteiger partial charge in [-0.3, -0.25) is 4.98 Å². The number of esters is 1. The van der Waals surface area contributed by atoms with Gasteiger partial charge < -0.3 is 10.1 Å². The minimum absolute atomic E-state index is 0.158. The Morgan fingerprint density at radius 1 is 1.04 bits per heavy atom. The van der Waals surface area contributed by atoms with Gasteiger partial charge in [-0.15, -0.1) is 0 Å². The Morgan fingerprint density at radius 2 is 1.77 bits per heavy atom. The largest absolute Gasteiger partial charge is 0.461 e. The van der Waals surface area contributed by atoms with Gasteiger partial charge in [0.1, 0.15) is 6.04 Å². The van der Waals surface area contributed by atoms with Gasteiger partial charge in [-0.1, -0.05) is 42.0 Å². The number of fused-ring (bicyclic) bond motifs is 1. The average molecular weight is 348 g/mol. The standard InChI is InChI=1S/C22H24N2O2/c1-15(2)26-22(25)21(23-18-11-8-16(3)9-12-18)14-19-13-10-17-6-4-5-7-20(17)24-19/h4-13,15,21,23H,14H2,1-3H3. The Bertz CT molecular complexity index is 888. The zero-order valence-corrected chi connectivity index (χ0v) is 15.4. The molecule has 3 rings (SSSR count).